The van der Waals surface area contributed by atoms with Crippen LogP contribution in [-0.4, -0.2) is 25.1 Å². The number of hydrogen-bond acceptors (Lipinski definition) is 5. The molecule has 0 aromatic heterocycles. The second kappa shape index (κ2) is 6.87. The van der Waals surface area contributed by atoms with Crippen molar-refractivity contribution >= 4 is 12.0 Å². The van der Waals surface area contributed by atoms with Crippen molar-refractivity contribution in [1.82, 2.24) is 5.32 Å². The maximum absolute atomic E-state index is 13.4. The van der Waals surface area contributed by atoms with E-state index in [9.17, 15) is 13.6 Å². The second-order valence-corrected chi connectivity index (χ2v) is 4.22. The first-order valence-corrected chi connectivity index (χ1v) is 6.42. The fourth-order valence-corrected chi connectivity index (χ4v) is 1.56. The third kappa shape index (κ3) is 3.80. The molecule has 2 rings (SSSR count). The number of amides is 1. The molecule has 0 aliphatic carbocycles. The van der Waals surface area contributed by atoms with Crippen LogP contribution >= 0.6 is 0 Å². The predicted molar refractivity (Wildman–Crippen MR) is 69.3 cm³/mol. The maximum atomic E-state index is 13.4. The Morgan fingerprint density at radius 1 is 1.48 bits per heavy atom. The van der Waals surface area contributed by atoms with Gasteiger partial charge in [0.25, 0.3) is 5.90 Å². The molecule has 1 amide bonds. The van der Waals surface area contributed by atoms with Gasteiger partial charge < -0.3 is 14.8 Å². The van der Waals surface area contributed by atoms with Gasteiger partial charge in [-0.05, 0) is 23.7 Å². The summed E-state index contributed by atoms with van der Waals surface area (Å²) in [6.07, 6.45) is 1.03. The minimum atomic E-state index is -1.13. The average Bonchev–Trinajstić information content (AvgIpc) is 2.49. The van der Waals surface area contributed by atoms with E-state index in [0.29, 0.717) is 6.54 Å². The lowest BCUT2D eigenvalue weighted by molar-refractivity contribution is 0.145. The number of fused-ring (bicyclic) bond motifs is 1. The zero-order chi connectivity index (χ0) is 15.2. The Morgan fingerprint density at radius 3 is 3.05 bits per heavy atom. The molecule has 1 N–H and O–H groups in total. The van der Waals surface area contributed by atoms with Gasteiger partial charge >= 0.3 is 6.09 Å². The van der Waals surface area contributed by atoms with Gasteiger partial charge in [-0.3, -0.25) is 4.84 Å². The molecule has 0 radical (unpaired) electrons. The van der Waals surface area contributed by atoms with Crippen molar-refractivity contribution in [2.75, 3.05) is 13.2 Å². The van der Waals surface area contributed by atoms with Crippen LogP contribution in [0.1, 0.15) is 19.8 Å². The third-order valence-corrected chi connectivity index (χ3v) is 2.61. The number of benzene rings is 1. The van der Waals surface area contributed by atoms with Crippen molar-refractivity contribution in [2.45, 2.75) is 19.8 Å². The SMILES string of the molecule is CCCCNC(=O)ON=C1COc2c(ccc(F)c2F)O1. The lowest BCUT2D eigenvalue weighted by Gasteiger charge is -2.19. The van der Waals surface area contributed by atoms with E-state index in [2.05, 4.69) is 15.3 Å². The highest BCUT2D eigenvalue weighted by atomic mass is 19.2. The van der Waals surface area contributed by atoms with Crippen molar-refractivity contribution in [3.05, 3.63) is 23.8 Å². The number of rotatable bonds is 4. The van der Waals surface area contributed by atoms with Crippen molar-refractivity contribution in [3.8, 4) is 11.5 Å². The van der Waals surface area contributed by atoms with E-state index in [1.165, 1.54) is 6.07 Å². The second-order valence-electron chi connectivity index (χ2n) is 4.22. The van der Waals surface area contributed by atoms with E-state index < -0.39 is 17.7 Å². The number of oxime groups is 1. The fourth-order valence-electron chi connectivity index (χ4n) is 1.56. The number of nitrogens with one attached hydrogen (secondary N) is 1. The lowest BCUT2D eigenvalue weighted by atomic mass is 10.3. The van der Waals surface area contributed by atoms with E-state index in [1.54, 1.807) is 0 Å². The van der Waals surface area contributed by atoms with Crippen molar-refractivity contribution in [1.29, 1.82) is 0 Å². The summed E-state index contributed by atoms with van der Waals surface area (Å²) in [5.74, 6) is -2.61. The summed E-state index contributed by atoms with van der Waals surface area (Å²) < 4.78 is 36.5. The zero-order valence-electron chi connectivity index (χ0n) is 11.3. The lowest BCUT2D eigenvalue weighted by Crippen LogP contribution is -2.27. The first kappa shape index (κ1) is 15.0. The highest BCUT2D eigenvalue weighted by molar-refractivity contribution is 5.82. The van der Waals surface area contributed by atoms with E-state index in [0.717, 1.165) is 18.9 Å². The molecule has 1 aromatic carbocycles. The molecule has 1 heterocycles. The Balaban J connectivity index is 1.93. The van der Waals surface area contributed by atoms with Crippen LogP contribution in [0.5, 0.6) is 11.5 Å². The van der Waals surface area contributed by atoms with Gasteiger partial charge in [0.15, 0.2) is 18.2 Å². The van der Waals surface area contributed by atoms with E-state index in [-0.39, 0.29) is 24.0 Å². The van der Waals surface area contributed by atoms with Gasteiger partial charge in [-0.15, -0.1) is 0 Å². The molecule has 114 valence electrons. The molecule has 0 bridgehead atoms. The summed E-state index contributed by atoms with van der Waals surface area (Å²) in [4.78, 5) is 15.8. The van der Waals surface area contributed by atoms with Gasteiger partial charge in [-0.1, -0.05) is 13.3 Å². The fraction of sp³-hybridized carbons (Fsp3) is 0.385. The maximum Gasteiger partial charge on any atom is 0.433 e. The molecule has 1 aromatic rings. The van der Waals surface area contributed by atoms with E-state index >= 15 is 0 Å². The van der Waals surface area contributed by atoms with Crippen LogP contribution in [0.25, 0.3) is 0 Å². The van der Waals surface area contributed by atoms with Crippen LogP contribution in [0.4, 0.5) is 13.6 Å². The van der Waals surface area contributed by atoms with Crippen LogP contribution in [0.3, 0.4) is 0 Å². The number of unbranched alkanes of at least 4 members (excludes halogenated alkanes) is 1. The average molecular weight is 300 g/mol. The smallest absolute Gasteiger partial charge is 0.433 e. The number of carbonyl (C=O) groups excluding carboxylic acids is 1. The van der Waals surface area contributed by atoms with Crippen molar-refractivity contribution in [2.24, 2.45) is 5.16 Å². The van der Waals surface area contributed by atoms with Crippen LogP contribution in [0.2, 0.25) is 0 Å². The van der Waals surface area contributed by atoms with Crippen molar-refractivity contribution < 1.29 is 27.9 Å². The third-order valence-electron chi connectivity index (χ3n) is 2.61. The monoisotopic (exact) mass is 300 g/mol. The summed E-state index contributed by atoms with van der Waals surface area (Å²) in [6.45, 7) is 2.19. The molecule has 0 atom stereocenters. The quantitative estimate of drug-likeness (QED) is 0.527. The molecular weight excluding hydrogens is 286 g/mol. The number of ether oxygens (including phenoxy) is 2. The number of carbonyl (C=O) groups is 1. The molecule has 21 heavy (non-hydrogen) atoms. The van der Waals surface area contributed by atoms with Crippen LogP contribution < -0.4 is 14.8 Å². The standard InChI is InChI=1S/C13H14F2N2O4/c1-2-3-6-16-13(18)21-17-10-7-19-12-9(20-10)5-4-8(14)11(12)15/h4-5H,2-3,6-7H2,1H3,(H,16,18). The predicted octanol–water partition coefficient (Wildman–Crippen LogP) is 2.58. The Hall–Kier alpha value is -2.38. The number of nitrogens with zero attached hydrogens (tertiary/aromatic N) is 1. The Kier molecular flexibility index (Phi) is 4.91. The topological polar surface area (TPSA) is 69.2 Å². The molecule has 8 heteroatoms. The molecule has 0 fully saturated rings. The largest absolute Gasteiger partial charge is 0.477 e. The number of halogens is 2. The minimum absolute atomic E-state index is 0.0334. The molecule has 1 aliphatic heterocycles. The van der Waals surface area contributed by atoms with Crippen LogP contribution in [0, 0.1) is 11.6 Å². The zero-order valence-corrected chi connectivity index (χ0v) is 11.3. The van der Waals surface area contributed by atoms with Gasteiger partial charge in [0.2, 0.25) is 11.6 Å². The summed E-state index contributed by atoms with van der Waals surface area (Å²) in [5.41, 5.74) is 0. The first-order valence-electron chi connectivity index (χ1n) is 6.42. The molecule has 0 saturated heterocycles. The van der Waals surface area contributed by atoms with Crippen LogP contribution in [0.15, 0.2) is 17.3 Å². The molecule has 6 nitrogen and oxygen atoms in total. The minimum Gasteiger partial charge on any atom is -0.477 e. The highest BCUT2D eigenvalue weighted by Crippen LogP contribution is 2.34. The van der Waals surface area contributed by atoms with E-state index in [1.807, 2.05) is 6.92 Å². The van der Waals surface area contributed by atoms with Gasteiger partial charge in [0.05, 0.1) is 0 Å². The highest BCUT2D eigenvalue weighted by Gasteiger charge is 2.24. The molecule has 0 saturated carbocycles. The summed E-state index contributed by atoms with van der Waals surface area (Å²) in [5, 5.41) is 5.94. The van der Waals surface area contributed by atoms with Gasteiger partial charge in [-0.25, -0.2) is 9.18 Å². The molecule has 0 spiro atoms. The van der Waals surface area contributed by atoms with Gasteiger partial charge in [0.1, 0.15) is 0 Å². The number of hydrogen-bond donors (Lipinski definition) is 1. The van der Waals surface area contributed by atoms with Crippen LogP contribution in [-0.2, 0) is 4.84 Å². The Bertz CT molecular complexity index is 563. The van der Waals surface area contributed by atoms with Gasteiger partial charge in [0, 0.05) is 6.54 Å². The summed E-state index contributed by atoms with van der Waals surface area (Å²) >= 11 is 0. The normalized spacial score (nSPS) is 14.9. The first-order chi connectivity index (χ1) is 10.1. The Morgan fingerprint density at radius 2 is 2.29 bits per heavy atom. The molecular formula is C13H14F2N2O4. The summed E-state index contributed by atoms with van der Waals surface area (Å²) in [7, 11) is 0. The van der Waals surface area contributed by atoms with Crippen molar-refractivity contribution in [3.63, 3.8) is 0 Å². The van der Waals surface area contributed by atoms with Gasteiger partial charge in [-0.2, -0.15) is 4.39 Å². The summed E-state index contributed by atoms with van der Waals surface area (Å²) in [6, 6.07) is 2.10. The van der Waals surface area contributed by atoms with E-state index in [4.69, 9.17) is 9.47 Å². The molecule has 0 unspecified atom stereocenters. The Labute approximate surface area is 119 Å². The molecule has 1 aliphatic rings.